The Morgan fingerprint density at radius 3 is 3.00 bits per heavy atom. The summed E-state index contributed by atoms with van der Waals surface area (Å²) in [5.74, 6) is 0.828. The van der Waals surface area contributed by atoms with Crippen LogP contribution in [-0.4, -0.2) is 18.1 Å². The number of anilines is 1. The Labute approximate surface area is 91.9 Å². The van der Waals surface area contributed by atoms with E-state index >= 15 is 0 Å². The second kappa shape index (κ2) is 4.04. The molecule has 5 heteroatoms. The molecule has 0 unspecified atom stereocenters. The molecule has 1 aromatic carbocycles. The summed E-state index contributed by atoms with van der Waals surface area (Å²) < 4.78 is 6.52. The molecule has 15 heavy (non-hydrogen) atoms. The van der Waals surface area contributed by atoms with Gasteiger partial charge in [0.1, 0.15) is 12.4 Å². The van der Waals surface area contributed by atoms with Crippen LogP contribution in [0.25, 0.3) is 10.2 Å². The highest BCUT2D eigenvalue weighted by molar-refractivity contribution is 7.22. The minimum absolute atomic E-state index is 0.516. The normalized spacial score (nSPS) is 10.8. The van der Waals surface area contributed by atoms with E-state index < -0.39 is 0 Å². The molecule has 0 radical (unpaired) electrons. The van der Waals surface area contributed by atoms with Gasteiger partial charge in [-0.2, -0.15) is 0 Å². The molecule has 2 rings (SSSR count). The highest BCUT2D eigenvalue weighted by Crippen LogP contribution is 2.30. The number of aryl methyl sites for hydroxylation is 1. The molecule has 0 aliphatic rings. The molecular formula is C10H13N3OS. The number of benzene rings is 1. The van der Waals surface area contributed by atoms with Crippen LogP contribution in [0, 0.1) is 6.92 Å². The van der Waals surface area contributed by atoms with Crippen LogP contribution in [0.1, 0.15) is 5.56 Å². The fourth-order valence-electron chi connectivity index (χ4n) is 1.44. The first kappa shape index (κ1) is 10.2. The highest BCUT2D eigenvalue weighted by atomic mass is 32.1. The number of nitrogen functional groups attached to an aromatic ring is 1. The number of aromatic nitrogens is 1. The summed E-state index contributed by atoms with van der Waals surface area (Å²) in [6.45, 7) is 3.04. The van der Waals surface area contributed by atoms with Crippen molar-refractivity contribution in [2.45, 2.75) is 6.92 Å². The number of nitrogens with two attached hydrogens (primary N) is 2. The zero-order valence-corrected chi connectivity index (χ0v) is 9.30. The summed E-state index contributed by atoms with van der Waals surface area (Å²) in [5.41, 5.74) is 13.1. The van der Waals surface area contributed by atoms with E-state index in [2.05, 4.69) is 4.98 Å². The van der Waals surface area contributed by atoms with E-state index in [9.17, 15) is 0 Å². The zero-order chi connectivity index (χ0) is 10.8. The van der Waals surface area contributed by atoms with Crippen molar-refractivity contribution in [1.82, 2.24) is 4.98 Å². The third-order valence-corrected chi connectivity index (χ3v) is 2.89. The summed E-state index contributed by atoms with van der Waals surface area (Å²) in [5, 5.41) is 0.587. The average molecular weight is 223 g/mol. The van der Waals surface area contributed by atoms with Gasteiger partial charge in [0.2, 0.25) is 0 Å². The number of fused-ring (bicyclic) bond motifs is 1. The maximum Gasteiger partial charge on any atom is 0.181 e. The summed E-state index contributed by atoms with van der Waals surface area (Å²) in [4.78, 5) is 4.25. The minimum atomic E-state index is 0.516. The lowest BCUT2D eigenvalue weighted by molar-refractivity contribution is 0.328. The predicted octanol–water partition coefficient (Wildman–Crippen LogP) is 1.52. The number of rotatable bonds is 3. The van der Waals surface area contributed by atoms with E-state index in [-0.39, 0.29) is 0 Å². The van der Waals surface area contributed by atoms with Crippen molar-refractivity contribution in [2.24, 2.45) is 5.73 Å². The van der Waals surface area contributed by atoms with Gasteiger partial charge in [0.25, 0.3) is 0 Å². The van der Waals surface area contributed by atoms with Crippen LogP contribution in [0.4, 0.5) is 5.13 Å². The molecule has 4 nitrogen and oxygen atoms in total. The van der Waals surface area contributed by atoms with Crippen molar-refractivity contribution in [3.63, 3.8) is 0 Å². The lowest BCUT2D eigenvalue weighted by Gasteiger charge is -2.05. The monoisotopic (exact) mass is 223 g/mol. The summed E-state index contributed by atoms with van der Waals surface area (Å²) in [6, 6.07) is 3.91. The van der Waals surface area contributed by atoms with Crippen molar-refractivity contribution in [3.8, 4) is 5.75 Å². The van der Waals surface area contributed by atoms with Gasteiger partial charge in [-0.15, -0.1) is 0 Å². The van der Waals surface area contributed by atoms with Crippen molar-refractivity contribution < 1.29 is 4.74 Å². The third-order valence-electron chi connectivity index (χ3n) is 2.06. The Balaban J connectivity index is 2.42. The Hall–Kier alpha value is -1.33. The van der Waals surface area contributed by atoms with Crippen LogP contribution in [0.15, 0.2) is 12.1 Å². The Morgan fingerprint density at radius 1 is 1.47 bits per heavy atom. The zero-order valence-electron chi connectivity index (χ0n) is 8.49. The molecule has 0 fully saturated rings. The Morgan fingerprint density at radius 2 is 2.27 bits per heavy atom. The molecule has 2 aromatic rings. The van der Waals surface area contributed by atoms with Gasteiger partial charge < -0.3 is 16.2 Å². The first-order valence-corrected chi connectivity index (χ1v) is 5.52. The maximum atomic E-state index is 5.66. The summed E-state index contributed by atoms with van der Waals surface area (Å²) >= 11 is 1.47. The van der Waals surface area contributed by atoms with Gasteiger partial charge in [0.15, 0.2) is 5.13 Å². The molecule has 0 saturated heterocycles. The SMILES string of the molecule is Cc1cc(OCCN)cc2sc(N)nc12. The quantitative estimate of drug-likeness (QED) is 0.827. The van der Waals surface area contributed by atoms with Gasteiger partial charge in [-0.25, -0.2) is 4.98 Å². The van der Waals surface area contributed by atoms with Gasteiger partial charge in [-0.3, -0.25) is 0 Å². The Bertz CT molecular complexity index is 481. The predicted molar refractivity (Wildman–Crippen MR) is 63.3 cm³/mol. The number of nitrogens with zero attached hydrogens (tertiary/aromatic N) is 1. The van der Waals surface area contributed by atoms with E-state index in [0.29, 0.717) is 18.3 Å². The number of thiazole rings is 1. The second-order valence-corrected chi connectivity index (χ2v) is 4.34. The molecular weight excluding hydrogens is 210 g/mol. The molecule has 80 valence electrons. The van der Waals surface area contributed by atoms with Crippen molar-refractivity contribution in [2.75, 3.05) is 18.9 Å². The van der Waals surface area contributed by atoms with Crippen LogP contribution in [0.3, 0.4) is 0 Å². The van der Waals surface area contributed by atoms with Crippen LogP contribution in [0.2, 0.25) is 0 Å². The molecule has 0 aliphatic heterocycles. The smallest absolute Gasteiger partial charge is 0.181 e. The van der Waals surface area contributed by atoms with E-state index in [0.717, 1.165) is 21.5 Å². The molecule has 0 spiro atoms. The highest BCUT2D eigenvalue weighted by Gasteiger charge is 2.06. The standard InChI is InChI=1S/C10H13N3OS/c1-6-4-7(14-3-2-11)5-8-9(6)13-10(12)15-8/h4-5H,2-3,11H2,1H3,(H2,12,13). The molecule has 0 saturated carbocycles. The van der Waals surface area contributed by atoms with E-state index in [1.165, 1.54) is 11.3 Å². The molecule has 4 N–H and O–H groups in total. The number of hydrogen-bond donors (Lipinski definition) is 2. The molecule has 1 aromatic heterocycles. The number of hydrogen-bond acceptors (Lipinski definition) is 5. The number of ether oxygens (including phenoxy) is 1. The largest absolute Gasteiger partial charge is 0.492 e. The molecule has 0 aliphatic carbocycles. The van der Waals surface area contributed by atoms with Gasteiger partial charge in [0.05, 0.1) is 10.2 Å². The summed E-state index contributed by atoms with van der Waals surface area (Å²) in [6.07, 6.45) is 0. The van der Waals surface area contributed by atoms with Crippen molar-refractivity contribution in [1.29, 1.82) is 0 Å². The second-order valence-electron chi connectivity index (χ2n) is 3.28. The maximum absolute atomic E-state index is 5.66. The van der Waals surface area contributed by atoms with E-state index in [4.69, 9.17) is 16.2 Å². The van der Waals surface area contributed by atoms with Gasteiger partial charge in [-0.05, 0) is 24.6 Å². The van der Waals surface area contributed by atoms with Crippen molar-refractivity contribution in [3.05, 3.63) is 17.7 Å². The first-order chi connectivity index (χ1) is 7.20. The van der Waals surface area contributed by atoms with E-state index in [1.807, 2.05) is 19.1 Å². The third kappa shape index (κ3) is 2.03. The van der Waals surface area contributed by atoms with Gasteiger partial charge in [0, 0.05) is 6.54 Å². The van der Waals surface area contributed by atoms with Gasteiger partial charge >= 0.3 is 0 Å². The Kier molecular flexibility index (Phi) is 2.75. The van der Waals surface area contributed by atoms with Crippen LogP contribution >= 0.6 is 11.3 Å². The minimum Gasteiger partial charge on any atom is -0.492 e. The molecule has 0 atom stereocenters. The van der Waals surface area contributed by atoms with Crippen molar-refractivity contribution >= 4 is 26.7 Å². The topological polar surface area (TPSA) is 74.2 Å². The first-order valence-electron chi connectivity index (χ1n) is 4.70. The van der Waals surface area contributed by atoms with Gasteiger partial charge in [-0.1, -0.05) is 11.3 Å². The lowest BCUT2D eigenvalue weighted by atomic mass is 10.2. The summed E-state index contributed by atoms with van der Waals surface area (Å²) in [7, 11) is 0. The van der Waals surface area contributed by atoms with Crippen LogP contribution in [-0.2, 0) is 0 Å². The van der Waals surface area contributed by atoms with E-state index in [1.54, 1.807) is 0 Å². The fourth-order valence-corrected chi connectivity index (χ4v) is 2.28. The van der Waals surface area contributed by atoms with Crippen LogP contribution < -0.4 is 16.2 Å². The fraction of sp³-hybridized carbons (Fsp3) is 0.300. The lowest BCUT2D eigenvalue weighted by Crippen LogP contribution is -2.10. The molecule has 0 bridgehead atoms. The average Bonchev–Trinajstić information content (AvgIpc) is 2.56. The van der Waals surface area contributed by atoms with Crippen LogP contribution in [0.5, 0.6) is 5.75 Å². The molecule has 0 amide bonds. The molecule has 1 heterocycles.